The van der Waals surface area contributed by atoms with Crippen LogP contribution in [0.3, 0.4) is 0 Å². The minimum absolute atomic E-state index is 0.276. The number of nitrogens with two attached hydrogens (primary N) is 1. The molecule has 5 heteroatoms. The van der Waals surface area contributed by atoms with Crippen LogP contribution in [0.25, 0.3) is 10.7 Å². The maximum absolute atomic E-state index is 6.20. The van der Waals surface area contributed by atoms with Gasteiger partial charge in [-0.2, -0.15) is 5.10 Å². The van der Waals surface area contributed by atoms with Crippen molar-refractivity contribution in [1.82, 2.24) is 15.2 Å². The van der Waals surface area contributed by atoms with Crippen molar-refractivity contribution < 1.29 is 0 Å². The number of aromatic amines is 1. The number of thiophene rings is 1. The number of nitrogens with one attached hydrogen (secondary N) is 1. The molecule has 0 aliphatic rings. The van der Waals surface area contributed by atoms with Crippen molar-refractivity contribution >= 4 is 11.3 Å². The van der Waals surface area contributed by atoms with Gasteiger partial charge < -0.3 is 5.73 Å². The Balaban J connectivity index is 1.88. The smallest absolute Gasteiger partial charge is 0.191 e. The quantitative estimate of drug-likeness (QED) is 0.769. The van der Waals surface area contributed by atoms with Crippen molar-refractivity contribution in [1.29, 1.82) is 0 Å². The van der Waals surface area contributed by atoms with Gasteiger partial charge in [-0.3, -0.25) is 5.10 Å². The molecule has 0 aliphatic heterocycles. The Hall–Kier alpha value is -1.98. The van der Waals surface area contributed by atoms with Gasteiger partial charge in [-0.05, 0) is 23.9 Å². The molecule has 0 saturated carbocycles. The van der Waals surface area contributed by atoms with Gasteiger partial charge in [0.15, 0.2) is 5.82 Å². The lowest BCUT2D eigenvalue weighted by atomic mass is 10.1. The maximum atomic E-state index is 6.20. The van der Waals surface area contributed by atoms with Crippen molar-refractivity contribution in [3.63, 3.8) is 0 Å². The highest BCUT2D eigenvalue weighted by Gasteiger charge is 2.14. The first kappa shape index (κ1) is 12.1. The van der Waals surface area contributed by atoms with Crippen LogP contribution < -0.4 is 5.73 Å². The molecule has 0 unspecified atom stereocenters. The summed E-state index contributed by atoms with van der Waals surface area (Å²) >= 11 is 1.61. The fourth-order valence-electron chi connectivity index (χ4n) is 1.86. The molecule has 3 rings (SSSR count). The van der Waals surface area contributed by atoms with Crippen LogP contribution in [0.1, 0.15) is 23.0 Å². The number of aromatic nitrogens is 3. The number of hydrogen-bond acceptors (Lipinski definition) is 4. The molecule has 4 nitrogen and oxygen atoms in total. The SMILES string of the molecule is Cc1ccc([C@@H](N)c2nc(-c3cccs3)n[nH]2)cc1. The van der Waals surface area contributed by atoms with Crippen molar-refractivity contribution in [3.8, 4) is 10.7 Å². The zero-order chi connectivity index (χ0) is 13.2. The number of benzene rings is 1. The normalized spacial score (nSPS) is 12.5. The van der Waals surface area contributed by atoms with E-state index in [1.807, 2.05) is 41.8 Å². The van der Waals surface area contributed by atoms with E-state index in [0.717, 1.165) is 10.4 Å². The molecule has 3 N–H and O–H groups in total. The Morgan fingerprint density at radius 2 is 2.00 bits per heavy atom. The predicted molar refractivity (Wildman–Crippen MR) is 76.9 cm³/mol. The second-order valence-corrected chi connectivity index (χ2v) is 5.36. The van der Waals surface area contributed by atoms with E-state index in [1.54, 1.807) is 11.3 Å². The van der Waals surface area contributed by atoms with Crippen LogP contribution in [-0.2, 0) is 0 Å². The Labute approximate surface area is 115 Å². The van der Waals surface area contributed by atoms with Crippen LogP contribution >= 0.6 is 11.3 Å². The van der Waals surface area contributed by atoms with Crippen LogP contribution in [-0.4, -0.2) is 15.2 Å². The van der Waals surface area contributed by atoms with E-state index in [1.165, 1.54) is 5.56 Å². The molecule has 0 fully saturated rings. The molecule has 1 aromatic carbocycles. The molecule has 19 heavy (non-hydrogen) atoms. The first-order valence-corrected chi connectivity index (χ1v) is 6.90. The topological polar surface area (TPSA) is 67.6 Å². The van der Waals surface area contributed by atoms with Crippen LogP contribution in [0.15, 0.2) is 41.8 Å². The summed E-state index contributed by atoms with van der Waals surface area (Å²) in [6.07, 6.45) is 0. The molecule has 1 atom stereocenters. The lowest BCUT2D eigenvalue weighted by molar-refractivity contribution is 0.787. The average molecular weight is 270 g/mol. The summed E-state index contributed by atoms with van der Waals surface area (Å²) in [5.74, 6) is 1.39. The Morgan fingerprint density at radius 3 is 2.68 bits per heavy atom. The van der Waals surface area contributed by atoms with Crippen LogP contribution in [0.2, 0.25) is 0 Å². The highest BCUT2D eigenvalue weighted by atomic mass is 32.1. The molecule has 2 heterocycles. The van der Waals surface area contributed by atoms with Gasteiger partial charge in [0.1, 0.15) is 5.82 Å². The van der Waals surface area contributed by atoms with Crippen molar-refractivity contribution in [2.24, 2.45) is 5.73 Å². The number of aryl methyl sites for hydroxylation is 1. The molecule has 0 aliphatic carbocycles. The van der Waals surface area contributed by atoms with Crippen molar-refractivity contribution in [3.05, 3.63) is 58.7 Å². The van der Waals surface area contributed by atoms with E-state index in [2.05, 4.69) is 22.1 Å². The Kier molecular flexibility index (Phi) is 3.15. The zero-order valence-electron chi connectivity index (χ0n) is 10.5. The Bertz CT molecular complexity index is 655. The third kappa shape index (κ3) is 2.43. The molecular formula is C14H14N4S. The van der Waals surface area contributed by atoms with E-state index in [0.29, 0.717) is 11.6 Å². The first-order valence-electron chi connectivity index (χ1n) is 6.02. The van der Waals surface area contributed by atoms with E-state index in [-0.39, 0.29) is 6.04 Å². The summed E-state index contributed by atoms with van der Waals surface area (Å²) < 4.78 is 0. The van der Waals surface area contributed by atoms with Gasteiger partial charge in [0.25, 0.3) is 0 Å². The second-order valence-electron chi connectivity index (χ2n) is 4.41. The van der Waals surface area contributed by atoms with Crippen molar-refractivity contribution in [2.75, 3.05) is 0 Å². The molecule has 3 aromatic rings. The highest BCUT2D eigenvalue weighted by Crippen LogP contribution is 2.23. The second kappa shape index (κ2) is 4.95. The summed E-state index contributed by atoms with van der Waals surface area (Å²) in [4.78, 5) is 5.51. The van der Waals surface area contributed by atoms with Gasteiger partial charge in [0.2, 0.25) is 0 Å². The first-order chi connectivity index (χ1) is 9.24. The lowest BCUT2D eigenvalue weighted by Gasteiger charge is -2.08. The van der Waals surface area contributed by atoms with Crippen LogP contribution in [0, 0.1) is 6.92 Å². The van der Waals surface area contributed by atoms with Crippen LogP contribution in [0.5, 0.6) is 0 Å². The fourth-order valence-corrected chi connectivity index (χ4v) is 2.52. The van der Waals surface area contributed by atoms with Gasteiger partial charge >= 0.3 is 0 Å². The molecule has 0 amide bonds. The molecule has 0 radical (unpaired) electrons. The third-order valence-electron chi connectivity index (χ3n) is 2.98. The summed E-state index contributed by atoms with van der Waals surface area (Å²) in [6, 6.07) is 11.8. The largest absolute Gasteiger partial charge is 0.318 e. The average Bonchev–Trinajstić information content (AvgIpc) is 3.10. The lowest BCUT2D eigenvalue weighted by Crippen LogP contribution is -2.13. The third-order valence-corrected chi connectivity index (χ3v) is 3.84. The van der Waals surface area contributed by atoms with Gasteiger partial charge in [-0.25, -0.2) is 4.98 Å². The number of hydrogen-bond donors (Lipinski definition) is 2. The molecule has 0 bridgehead atoms. The van der Waals surface area contributed by atoms with E-state index in [9.17, 15) is 0 Å². The molecule has 96 valence electrons. The van der Waals surface area contributed by atoms with Gasteiger partial charge in [0.05, 0.1) is 10.9 Å². The monoisotopic (exact) mass is 270 g/mol. The number of nitrogens with zero attached hydrogens (tertiary/aromatic N) is 2. The standard InChI is InChI=1S/C14H14N4S/c1-9-4-6-10(7-5-9)12(15)14-16-13(17-18-14)11-3-2-8-19-11/h2-8,12H,15H2,1H3,(H,16,17,18)/t12-/m1/s1. The fraction of sp³-hybridized carbons (Fsp3) is 0.143. The minimum atomic E-state index is -0.276. The zero-order valence-corrected chi connectivity index (χ0v) is 11.3. The molecule has 0 spiro atoms. The maximum Gasteiger partial charge on any atom is 0.191 e. The number of rotatable bonds is 3. The van der Waals surface area contributed by atoms with Crippen molar-refractivity contribution in [2.45, 2.75) is 13.0 Å². The van der Waals surface area contributed by atoms with E-state index in [4.69, 9.17) is 5.73 Å². The van der Waals surface area contributed by atoms with E-state index < -0.39 is 0 Å². The summed E-state index contributed by atoms with van der Waals surface area (Å²) in [5, 5.41) is 9.15. The number of H-pyrrole nitrogens is 1. The van der Waals surface area contributed by atoms with Gasteiger partial charge in [-0.15, -0.1) is 11.3 Å². The Morgan fingerprint density at radius 1 is 1.21 bits per heavy atom. The highest BCUT2D eigenvalue weighted by molar-refractivity contribution is 7.13. The van der Waals surface area contributed by atoms with E-state index >= 15 is 0 Å². The summed E-state index contributed by atoms with van der Waals surface area (Å²) in [6.45, 7) is 2.05. The molecular weight excluding hydrogens is 256 g/mol. The summed E-state index contributed by atoms with van der Waals surface area (Å²) in [5.41, 5.74) is 8.45. The van der Waals surface area contributed by atoms with Gasteiger partial charge in [0, 0.05) is 0 Å². The van der Waals surface area contributed by atoms with Gasteiger partial charge in [-0.1, -0.05) is 35.9 Å². The molecule has 2 aromatic heterocycles. The van der Waals surface area contributed by atoms with Crippen LogP contribution in [0.4, 0.5) is 0 Å². The predicted octanol–water partition coefficient (Wildman–Crippen LogP) is 2.89. The summed E-state index contributed by atoms with van der Waals surface area (Å²) in [7, 11) is 0. The molecule has 0 saturated heterocycles. The minimum Gasteiger partial charge on any atom is -0.318 e.